The molecule has 3 nitrogen and oxygen atoms in total. The lowest BCUT2D eigenvalue weighted by atomic mass is 9.73. The molecule has 1 aliphatic carbocycles. The van der Waals surface area contributed by atoms with Gasteiger partial charge in [-0.15, -0.1) is 0 Å². The van der Waals surface area contributed by atoms with Gasteiger partial charge in [0, 0.05) is 19.6 Å². The molecule has 0 spiro atoms. The van der Waals surface area contributed by atoms with Crippen LogP contribution in [0.3, 0.4) is 0 Å². The average molecular weight is 254 g/mol. The van der Waals surface area contributed by atoms with Gasteiger partial charge in [-0.3, -0.25) is 0 Å². The molecular weight excluding hydrogens is 224 g/mol. The second kappa shape index (κ2) is 6.88. The fourth-order valence-electron chi connectivity index (χ4n) is 3.73. The Hall–Kier alpha value is -0.120. The molecule has 106 valence electrons. The zero-order valence-electron chi connectivity index (χ0n) is 12.0. The van der Waals surface area contributed by atoms with Crippen LogP contribution in [0.2, 0.25) is 0 Å². The summed E-state index contributed by atoms with van der Waals surface area (Å²) in [6, 6.07) is 0. The second-order valence-electron chi connectivity index (χ2n) is 6.37. The summed E-state index contributed by atoms with van der Waals surface area (Å²) in [7, 11) is 0. The molecule has 0 aromatic rings. The third-order valence-electron chi connectivity index (χ3n) is 4.70. The predicted molar refractivity (Wildman–Crippen MR) is 75.7 cm³/mol. The smallest absolute Gasteiger partial charge is 0.0667 e. The van der Waals surface area contributed by atoms with E-state index in [0.717, 1.165) is 26.1 Å². The van der Waals surface area contributed by atoms with E-state index in [2.05, 4.69) is 17.1 Å². The average Bonchev–Trinajstić information content (AvgIpc) is 2.38. The molecule has 0 radical (unpaired) electrons. The van der Waals surface area contributed by atoms with Crippen molar-refractivity contribution in [2.45, 2.75) is 58.0 Å². The van der Waals surface area contributed by atoms with Gasteiger partial charge in [-0.05, 0) is 44.2 Å². The molecule has 3 heteroatoms. The molecule has 1 atom stereocenters. The first-order valence-corrected chi connectivity index (χ1v) is 7.85. The number of aliphatic hydroxyl groups excluding tert-OH is 1. The number of hydrogen-bond donors (Lipinski definition) is 2. The van der Waals surface area contributed by atoms with Crippen LogP contribution in [0, 0.1) is 5.41 Å². The molecule has 0 amide bonds. The molecule has 1 heterocycles. The lowest BCUT2D eigenvalue weighted by Gasteiger charge is -2.43. The molecule has 18 heavy (non-hydrogen) atoms. The number of hydrogen-bond acceptors (Lipinski definition) is 3. The van der Waals surface area contributed by atoms with Crippen molar-refractivity contribution < 1.29 is 5.11 Å². The van der Waals surface area contributed by atoms with Crippen LogP contribution in [0.5, 0.6) is 0 Å². The van der Waals surface area contributed by atoms with E-state index in [1.165, 1.54) is 51.6 Å². The van der Waals surface area contributed by atoms with E-state index in [0.29, 0.717) is 5.41 Å². The number of likely N-dealkylation sites (tertiary alicyclic amines) is 1. The third kappa shape index (κ3) is 3.94. The number of nitrogens with zero attached hydrogens (tertiary/aromatic N) is 1. The van der Waals surface area contributed by atoms with Crippen LogP contribution in [0.1, 0.15) is 51.9 Å². The number of aliphatic hydroxyl groups is 1. The molecule has 1 saturated heterocycles. The van der Waals surface area contributed by atoms with Crippen LogP contribution in [-0.2, 0) is 0 Å². The van der Waals surface area contributed by atoms with Gasteiger partial charge in [0.25, 0.3) is 0 Å². The quantitative estimate of drug-likeness (QED) is 0.788. The van der Waals surface area contributed by atoms with E-state index in [4.69, 9.17) is 0 Å². The Morgan fingerprint density at radius 1 is 1.22 bits per heavy atom. The summed E-state index contributed by atoms with van der Waals surface area (Å²) in [5.41, 5.74) is 0.478. The highest BCUT2D eigenvalue weighted by Gasteiger charge is 2.34. The van der Waals surface area contributed by atoms with Crippen molar-refractivity contribution in [3.05, 3.63) is 0 Å². The van der Waals surface area contributed by atoms with Gasteiger partial charge in [-0.1, -0.05) is 26.2 Å². The zero-order valence-corrected chi connectivity index (χ0v) is 12.0. The van der Waals surface area contributed by atoms with Crippen molar-refractivity contribution in [3.8, 4) is 0 Å². The highest BCUT2D eigenvalue weighted by Crippen LogP contribution is 2.37. The largest absolute Gasteiger partial charge is 0.392 e. The van der Waals surface area contributed by atoms with Crippen molar-refractivity contribution >= 4 is 0 Å². The molecule has 0 aromatic carbocycles. The summed E-state index contributed by atoms with van der Waals surface area (Å²) < 4.78 is 0. The zero-order chi connectivity index (χ0) is 12.8. The minimum atomic E-state index is -0.0847. The van der Waals surface area contributed by atoms with Gasteiger partial charge in [-0.25, -0.2) is 0 Å². The predicted octanol–water partition coefficient (Wildman–Crippen LogP) is 2.00. The molecule has 2 aliphatic rings. The summed E-state index contributed by atoms with van der Waals surface area (Å²) in [6.45, 7) is 7.71. The van der Waals surface area contributed by atoms with Crippen molar-refractivity contribution in [2.75, 3.05) is 32.7 Å². The van der Waals surface area contributed by atoms with Gasteiger partial charge in [0.2, 0.25) is 0 Å². The topological polar surface area (TPSA) is 35.5 Å². The molecule has 1 unspecified atom stereocenters. The Morgan fingerprint density at radius 3 is 2.67 bits per heavy atom. The van der Waals surface area contributed by atoms with Gasteiger partial charge in [0.1, 0.15) is 0 Å². The molecule has 1 aliphatic heterocycles. The fraction of sp³-hybridized carbons (Fsp3) is 1.00. The molecule has 2 fully saturated rings. The van der Waals surface area contributed by atoms with E-state index in [1.807, 2.05) is 0 Å². The van der Waals surface area contributed by atoms with Crippen LogP contribution < -0.4 is 5.32 Å². The normalized spacial score (nSPS) is 29.3. The number of nitrogens with one attached hydrogen (secondary N) is 1. The third-order valence-corrected chi connectivity index (χ3v) is 4.70. The Bertz CT molecular complexity index is 239. The summed E-state index contributed by atoms with van der Waals surface area (Å²) in [5.74, 6) is 0. The standard InChI is InChI=1S/C15H30N2O/c1-2-16-12-15(8-4-3-5-9-15)13-17-10-6-7-14(18)11-17/h14,16,18H,2-13H2,1H3. The molecule has 1 saturated carbocycles. The minimum Gasteiger partial charge on any atom is -0.392 e. The molecule has 0 aromatic heterocycles. The van der Waals surface area contributed by atoms with Crippen molar-refractivity contribution in [1.29, 1.82) is 0 Å². The Morgan fingerprint density at radius 2 is 2.00 bits per heavy atom. The van der Waals surface area contributed by atoms with Gasteiger partial charge >= 0.3 is 0 Å². The number of rotatable bonds is 5. The van der Waals surface area contributed by atoms with Gasteiger partial charge in [-0.2, -0.15) is 0 Å². The summed E-state index contributed by atoms with van der Waals surface area (Å²) in [6.07, 6.45) is 9.01. The highest BCUT2D eigenvalue weighted by molar-refractivity contribution is 4.89. The number of β-amino-alcohol motifs (C(OH)–C–C–N with tert-alkyl or cyclic N) is 1. The fourth-order valence-corrected chi connectivity index (χ4v) is 3.73. The lowest BCUT2D eigenvalue weighted by Crippen LogP contribution is -2.49. The summed E-state index contributed by atoms with van der Waals surface area (Å²) in [5, 5.41) is 13.4. The Balaban J connectivity index is 1.91. The van der Waals surface area contributed by atoms with Crippen LogP contribution in [0.25, 0.3) is 0 Å². The molecule has 2 rings (SSSR count). The van der Waals surface area contributed by atoms with E-state index < -0.39 is 0 Å². The van der Waals surface area contributed by atoms with Crippen LogP contribution >= 0.6 is 0 Å². The van der Waals surface area contributed by atoms with Crippen molar-refractivity contribution in [1.82, 2.24) is 10.2 Å². The first-order valence-electron chi connectivity index (χ1n) is 7.85. The lowest BCUT2D eigenvalue weighted by molar-refractivity contribution is 0.0309. The summed E-state index contributed by atoms with van der Waals surface area (Å²) in [4.78, 5) is 2.51. The van der Waals surface area contributed by atoms with Crippen LogP contribution in [-0.4, -0.2) is 48.8 Å². The van der Waals surface area contributed by atoms with Crippen molar-refractivity contribution in [2.24, 2.45) is 5.41 Å². The summed E-state index contributed by atoms with van der Waals surface area (Å²) >= 11 is 0. The van der Waals surface area contributed by atoms with Crippen LogP contribution in [0.15, 0.2) is 0 Å². The first kappa shape index (κ1) is 14.3. The number of piperidine rings is 1. The SMILES string of the molecule is CCNCC1(CN2CCCC(O)C2)CCCCC1. The molecular formula is C15H30N2O. The van der Waals surface area contributed by atoms with Gasteiger partial charge in [0.05, 0.1) is 6.10 Å². The maximum Gasteiger partial charge on any atom is 0.0667 e. The maximum absolute atomic E-state index is 9.81. The minimum absolute atomic E-state index is 0.0847. The maximum atomic E-state index is 9.81. The second-order valence-corrected chi connectivity index (χ2v) is 6.37. The van der Waals surface area contributed by atoms with Gasteiger partial charge in [0.15, 0.2) is 0 Å². The highest BCUT2D eigenvalue weighted by atomic mass is 16.3. The monoisotopic (exact) mass is 254 g/mol. The van der Waals surface area contributed by atoms with Crippen LogP contribution in [0.4, 0.5) is 0 Å². The van der Waals surface area contributed by atoms with E-state index >= 15 is 0 Å². The Labute approximate surface area is 112 Å². The van der Waals surface area contributed by atoms with E-state index in [-0.39, 0.29) is 6.10 Å². The van der Waals surface area contributed by atoms with Gasteiger partial charge < -0.3 is 15.3 Å². The molecule has 0 bridgehead atoms. The van der Waals surface area contributed by atoms with Crippen molar-refractivity contribution in [3.63, 3.8) is 0 Å². The van der Waals surface area contributed by atoms with E-state index in [9.17, 15) is 5.11 Å². The first-order chi connectivity index (χ1) is 8.74. The Kier molecular flexibility index (Phi) is 5.46. The molecule has 2 N–H and O–H groups in total. The van der Waals surface area contributed by atoms with E-state index in [1.54, 1.807) is 0 Å².